The van der Waals surface area contributed by atoms with Gasteiger partial charge in [-0.15, -0.1) is 0 Å². The van der Waals surface area contributed by atoms with E-state index < -0.39 is 7.37 Å². The van der Waals surface area contributed by atoms with Crippen LogP contribution in [0.3, 0.4) is 0 Å². The van der Waals surface area contributed by atoms with Gasteiger partial charge in [0.2, 0.25) is 7.37 Å². The van der Waals surface area contributed by atoms with Crippen LogP contribution in [0.25, 0.3) is 0 Å². The van der Waals surface area contributed by atoms with E-state index in [-0.39, 0.29) is 18.0 Å². The number of rotatable bonds is 14. The zero-order valence-corrected chi connectivity index (χ0v) is 17.3. The van der Waals surface area contributed by atoms with E-state index >= 15 is 0 Å². The molecule has 2 N–H and O–H groups in total. The van der Waals surface area contributed by atoms with Crippen molar-refractivity contribution in [2.45, 2.75) is 40.5 Å². The van der Waals surface area contributed by atoms with E-state index in [0.29, 0.717) is 31.5 Å². The molecule has 0 radical (unpaired) electrons. The number of nitrogens with two attached hydrogens (primary N) is 1. The van der Waals surface area contributed by atoms with Crippen LogP contribution in [0.2, 0.25) is 0 Å². The van der Waals surface area contributed by atoms with Crippen LogP contribution in [0.4, 0.5) is 0 Å². The van der Waals surface area contributed by atoms with E-state index in [4.69, 9.17) is 15.0 Å². The highest BCUT2D eigenvalue weighted by molar-refractivity contribution is 7.99. The van der Waals surface area contributed by atoms with Gasteiger partial charge in [0, 0.05) is 24.0 Å². The highest BCUT2D eigenvalue weighted by atomic mass is 32.2. The molecule has 1 atom stereocenters. The van der Waals surface area contributed by atoms with Gasteiger partial charge in [0.15, 0.2) is 0 Å². The van der Waals surface area contributed by atoms with Gasteiger partial charge >= 0.3 is 5.97 Å². The number of allylic oxidation sites excluding steroid dienone is 1. The molecule has 0 aromatic rings. The molecule has 0 aliphatic heterocycles. The van der Waals surface area contributed by atoms with E-state index in [1.165, 1.54) is 0 Å². The molecule has 24 heavy (non-hydrogen) atoms. The maximum absolute atomic E-state index is 13.0. The van der Waals surface area contributed by atoms with Crippen molar-refractivity contribution in [3.8, 4) is 0 Å². The van der Waals surface area contributed by atoms with Crippen molar-refractivity contribution < 1.29 is 18.6 Å². The third-order valence-electron chi connectivity index (χ3n) is 3.10. The standard InChI is InChI=1S/C17H34NO4PS/c1-5-21-17(19)16(9-7-8-11-24-12-10-18)14-23(20,22-6-2)13-15(3)4/h9,15H,5-8,10-14,18H2,1-4H3/b16-9+. The first-order valence-electron chi connectivity index (χ1n) is 8.75. The average molecular weight is 380 g/mol. The first kappa shape index (κ1) is 23.7. The molecule has 5 nitrogen and oxygen atoms in total. The van der Waals surface area contributed by atoms with Gasteiger partial charge in [-0.1, -0.05) is 19.9 Å². The van der Waals surface area contributed by atoms with Crippen LogP contribution in [0, 0.1) is 5.92 Å². The van der Waals surface area contributed by atoms with Crippen molar-refractivity contribution in [2.75, 3.05) is 43.6 Å². The number of carbonyl (C=O) groups is 1. The Labute approximate surface area is 151 Å². The number of carbonyl (C=O) groups excluding carboxylic acids is 1. The molecule has 142 valence electrons. The van der Waals surface area contributed by atoms with Crippen molar-refractivity contribution in [1.29, 1.82) is 0 Å². The lowest BCUT2D eigenvalue weighted by Gasteiger charge is -2.20. The van der Waals surface area contributed by atoms with Crippen molar-refractivity contribution in [2.24, 2.45) is 11.7 Å². The summed E-state index contributed by atoms with van der Waals surface area (Å²) in [6, 6.07) is 0. The predicted molar refractivity (Wildman–Crippen MR) is 104 cm³/mol. The fourth-order valence-corrected chi connectivity index (χ4v) is 5.73. The molecule has 0 amide bonds. The quantitative estimate of drug-likeness (QED) is 0.213. The second-order valence-corrected chi connectivity index (χ2v) is 9.75. The Morgan fingerprint density at radius 1 is 1.25 bits per heavy atom. The minimum absolute atomic E-state index is 0.161. The van der Waals surface area contributed by atoms with Crippen LogP contribution in [-0.2, 0) is 18.6 Å². The van der Waals surface area contributed by atoms with Crippen LogP contribution in [0.1, 0.15) is 40.5 Å². The van der Waals surface area contributed by atoms with Gasteiger partial charge in [0.05, 0.1) is 19.4 Å². The maximum atomic E-state index is 13.0. The van der Waals surface area contributed by atoms with Crippen molar-refractivity contribution in [3.05, 3.63) is 11.6 Å². The van der Waals surface area contributed by atoms with Gasteiger partial charge in [0.1, 0.15) is 0 Å². The normalized spacial score (nSPS) is 14.7. The Morgan fingerprint density at radius 2 is 1.96 bits per heavy atom. The largest absolute Gasteiger partial charge is 0.463 e. The van der Waals surface area contributed by atoms with Gasteiger partial charge < -0.3 is 15.0 Å². The monoisotopic (exact) mass is 379 g/mol. The van der Waals surface area contributed by atoms with Gasteiger partial charge in [0.25, 0.3) is 0 Å². The highest BCUT2D eigenvalue weighted by Crippen LogP contribution is 2.50. The zero-order valence-electron chi connectivity index (χ0n) is 15.6. The fraction of sp³-hybridized carbons (Fsp3) is 0.824. The van der Waals surface area contributed by atoms with E-state index in [0.717, 1.165) is 24.3 Å². The molecule has 0 fully saturated rings. The molecule has 0 aliphatic rings. The summed E-state index contributed by atoms with van der Waals surface area (Å²) >= 11 is 1.80. The lowest BCUT2D eigenvalue weighted by atomic mass is 10.2. The van der Waals surface area contributed by atoms with Crippen molar-refractivity contribution >= 4 is 25.1 Å². The molecular formula is C17H34NO4PS. The van der Waals surface area contributed by atoms with E-state index in [2.05, 4.69) is 0 Å². The maximum Gasteiger partial charge on any atom is 0.334 e. The molecule has 0 spiro atoms. The molecule has 0 saturated heterocycles. The third-order valence-corrected chi connectivity index (χ3v) is 7.04. The van der Waals surface area contributed by atoms with E-state index in [1.807, 2.05) is 26.8 Å². The molecule has 0 aromatic heterocycles. The number of hydrogen-bond donors (Lipinski definition) is 1. The number of ether oxygens (including phenoxy) is 1. The summed E-state index contributed by atoms with van der Waals surface area (Å²) in [6.07, 6.45) is 4.22. The number of thioether (sulfide) groups is 1. The van der Waals surface area contributed by atoms with Crippen LogP contribution >= 0.6 is 19.1 Å². The molecule has 0 aromatic carbocycles. The second kappa shape index (κ2) is 13.9. The topological polar surface area (TPSA) is 78.6 Å². The van der Waals surface area contributed by atoms with E-state index in [9.17, 15) is 9.36 Å². The fourth-order valence-electron chi connectivity index (χ4n) is 2.30. The first-order valence-corrected chi connectivity index (χ1v) is 11.9. The average Bonchev–Trinajstić information content (AvgIpc) is 2.49. The lowest BCUT2D eigenvalue weighted by molar-refractivity contribution is -0.138. The van der Waals surface area contributed by atoms with Crippen LogP contribution in [0.5, 0.6) is 0 Å². The summed E-state index contributed by atoms with van der Waals surface area (Å²) in [5.74, 6) is 1.82. The van der Waals surface area contributed by atoms with E-state index in [1.54, 1.807) is 18.7 Å². The molecule has 0 bridgehead atoms. The van der Waals surface area contributed by atoms with Crippen LogP contribution in [-0.4, -0.2) is 49.6 Å². The van der Waals surface area contributed by atoms with Gasteiger partial charge in [-0.05, 0) is 38.4 Å². The van der Waals surface area contributed by atoms with Crippen molar-refractivity contribution in [3.63, 3.8) is 0 Å². The van der Waals surface area contributed by atoms with Gasteiger partial charge in [-0.2, -0.15) is 11.8 Å². The SMILES string of the molecule is CCOC(=O)/C(=C/CCCSCCN)CP(=O)(CC(C)C)OCC. The van der Waals surface area contributed by atoms with Crippen LogP contribution < -0.4 is 5.73 Å². The summed E-state index contributed by atoms with van der Waals surface area (Å²) in [7, 11) is -2.87. The highest BCUT2D eigenvalue weighted by Gasteiger charge is 2.28. The summed E-state index contributed by atoms with van der Waals surface area (Å²) < 4.78 is 23.7. The third kappa shape index (κ3) is 11.3. The molecule has 7 heteroatoms. The minimum Gasteiger partial charge on any atom is -0.463 e. The van der Waals surface area contributed by atoms with Gasteiger partial charge in [-0.3, -0.25) is 4.57 Å². The van der Waals surface area contributed by atoms with Crippen molar-refractivity contribution in [1.82, 2.24) is 0 Å². The molecule has 0 heterocycles. The molecule has 0 rings (SSSR count). The Bertz CT molecular complexity index is 427. The Hall–Kier alpha value is -0.290. The Balaban J connectivity index is 4.90. The smallest absolute Gasteiger partial charge is 0.334 e. The summed E-state index contributed by atoms with van der Waals surface area (Å²) in [6.45, 7) is 9.00. The minimum atomic E-state index is -2.87. The summed E-state index contributed by atoms with van der Waals surface area (Å²) in [4.78, 5) is 12.2. The summed E-state index contributed by atoms with van der Waals surface area (Å²) in [5, 5.41) is 0. The lowest BCUT2D eigenvalue weighted by Crippen LogP contribution is -2.14. The number of esters is 1. The Morgan fingerprint density at radius 3 is 2.50 bits per heavy atom. The Kier molecular flexibility index (Phi) is 13.8. The molecule has 0 saturated carbocycles. The first-order chi connectivity index (χ1) is 11.4. The molecular weight excluding hydrogens is 345 g/mol. The van der Waals surface area contributed by atoms with Crippen LogP contribution in [0.15, 0.2) is 11.6 Å². The zero-order chi connectivity index (χ0) is 18.4. The molecule has 1 unspecified atom stereocenters. The number of hydrogen-bond acceptors (Lipinski definition) is 6. The van der Waals surface area contributed by atoms with Gasteiger partial charge in [-0.25, -0.2) is 4.79 Å². The predicted octanol–water partition coefficient (Wildman–Crippen LogP) is 3.92. The molecule has 0 aliphatic carbocycles. The number of unbranched alkanes of at least 4 members (excludes halogenated alkanes) is 1. The summed E-state index contributed by atoms with van der Waals surface area (Å²) in [5.41, 5.74) is 5.95. The second-order valence-electron chi connectivity index (χ2n) is 5.96.